The fourth-order valence-electron chi connectivity index (χ4n) is 3.29. The first-order valence-corrected chi connectivity index (χ1v) is 11.6. The van der Waals surface area contributed by atoms with Gasteiger partial charge in [-0.05, 0) is 71.2 Å². The van der Waals surface area contributed by atoms with Gasteiger partial charge < -0.3 is 19.1 Å². The van der Waals surface area contributed by atoms with E-state index in [2.05, 4.69) is 15.9 Å². The number of halogens is 1. The first-order chi connectivity index (χ1) is 15.3. The molecule has 1 aromatic rings. The maximum Gasteiger partial charge on any atom is 0.344 e. The highest BCUT2D eigenvalue weighted by Gasteiger charge is 2.37. The van der Waals surface area contributed by atoms with E-state index in [0.29, 0.717) is 34.6 Å². The van der Waals surface area contributed by atoms with Gasteiger partial charge in [0.1, 0.15) is 6.54 Å². The Hall–Kier alpha value is -2.53. The molecule has 9 nitrogen and oxygen atoms in total. The average molecular weight is 527 g/mol. The van der Waals surface area contributed by atoms with Gasteiger partial charge in [0, 0.05) is 13.1 Å². The summed E-state index contributed by atoms with van der Waals surface area (Å²) in [6, 6.07) is 3.29. The van der Waals surface area contributed by atoms with E-state index in [1.807, 2.05) is 0 Å². The lowest BCUT2D eigenvalue weighted by atomic mass is 10.2. The third-order valence-electron chi connectivity index (χ3n) is 4.81. The molecule has 0 atom stereocenters. The number of ether oxygens (including phenoxy) is 3. The lowest BCUT2D eigenvalue weighted by molar-refractivity contribution is -0.145. The van der Waals surface area contributed by atoms with E-state index in [4.69, 9.17) is 14.2 Å². The molecule has 0 radical (unpaired) electrons. The standard InChI is InChI=1S/C21H23BrN2O7S/c1-3-30-18(26)12-31-19-14(22)8-13(9-15(19)29-2)10-16-20(27)24(21(28)32-16)11-17(25)23-6-4-5-7-23/h8-10H,3-7,11-12H2,1-2H3/b16-10+. The van der Waals surface area contributed by atoms with Crippen LogP contribution in [0.3, 0.4) is 0 Å². The lowest BCUT2D eigenvalue weighted by Gasteiger charge is -2.18. The van der Waals surface area contributed by atoms with E-state index >= 15 is 0 Å². The number of carbonyl (C=O) groups is 4. The van der Waals surface area contributed by atoms with Crippen molar-refractivity contribution in [2.75, 3.05) is 40.0 Å². The molecular formula is C21H23BrN2O7S. The molecular weight excluding hydrogens is 504 g/mol. The Labute approximate surface area is 198 Å². The van der Waals surface area contributed by atoms with E-state index < -0.39 is 17.1 Å². The summed E-state index contributed by atoms with van der Waals surface area (Å²) in [6.07, 6.45) is 3.42. The Kier molecular flexibility index (Phi) is 8.19. The molecule has 0 unspecified atom stereocenters. The number of amides is 3. The molecule has 2 heterocycles. The minimum absolute atomic E-state index is 0.207. The number of carbonyl (C=O) groups excluding carboxylic acids is 4. The van der Waals surface area contributed by atoms with Gasteiger partial charge in [0.25, 0.3) is 11.1 Å². The number of methoxy groups -OCH3 is 1. The first kappa shape index (κ1) is 24.1. The molecule has 0 bridgehead atoms. The van der Waals surface area contributed by atoms with E-state index in [1.54, 1.807) is 30.0 Å². The third-order valence-corrected chi connectivity index (χ3v) is 6.31. The molecule has 2 aliphatic heterocycles. The van der Waals surface area contributed by atoms with Crippen LogP contribution in [0.1, 0.15) is 25.3 Å². The maximum absolute atomic E-state index is 12.7. The zero-order chi connectivity index (χ0) is 23.3. The molecule has 2 aliphatic rings. The van der Waals surface area contributed by atoms with Crippen LogP contribution in [0.2, 0.25) is 0 Å². The second-order valence-corrected chi connectivity index (χ2v) is 8.83. The zero-order valence-electron chi connectivity index (χ0n) is 17.7. The van der Waals surface area contributed by atoms with Gasteiger partial charge in [0.2, 0.25) is 5.91 Å². The van der Waals surface area contributed by atoms with Gasteiger partial charge in [-0.2, -0.15) is 0 Å². The molecule has 0 N–H and O–H groups in total. The maximum atomic E-state index is 12.7. The molecule has 172 valence electrons. The summed E-state index contributed by atoms with van der Waals surface area (Å²) in [6.45, 7) is 2.72. The number of hydrogen-bond acceptors (Lipinski definition) is 8. The number of benzene rings is 1. The van der Waals surface area contributed by atoms with Crippen molar-refractivity contribution in [2.45, 2.75) is 19.8 Å². The Bertz CT molecular complexity index is 960. The number of imide groups is 1. The van der Waals surface area contributed by atoms with Crippen LogP contribution in [-0.4, -0.2) is 72.8 Å². The largest absolute Gasteiger partial charge is 0.493 e. The van der Waals surface area contributed by atoms with E-state index in [-0.39, 0.29) is 30.6 Å². The predicted molar refractivity (Wildman–Crippen MR) is 121 cm³/mol. The Morgan fingerprint density at radius 1 is 1.22 bits per heavy atom. The summed E-state index contributed by atoms with van der Waals surface area (Å²) in [5.41, 5.74) is 0.577. The van der Waals surface area contributed by atoms with Crippen molar-refractivity contribution in [1.82, 2.24) is 9.80 Å². The Morgan fingerprint density at radius 2 is 1.94 bits per heavy atom. The summed E-state index contributed by atoms with van der Waals surface area (Å²) in [5.74, 6) is -0.605. The van der Waals surface area contributed by atoms with Crippen molar-refractivity contribution >= 4 is 56.8 Å². The highest BCUT2D eigenvalue weighted by Crippen LogP contribution is 2.39. The number of likely N-dealkylation sites (tertiary alicyclic amines) is 1. The van der Waals surface area contributed by atoms with Crippen molar-refractivity contribution in [3.63, 3.8) is 0 Å². The van der Waals surface area contributed by atoms with Crippen LogP contribution in [-0.2, 0) is 19.1 Å². The Balaban J connectivity index is 1.74. The van der Waals surface area contributed by atoms with Crippen LogP contribution >= 0.6 is 27.7 Å². The minimum Gasteiger partial charge on any atom is -0.493 e. The van der Waals surface area contributed by atoms with Gasteiger partial charge in [-0.1, -0.05) is 0 Å². The van der Waals surface area contributed by atoms with Crippen LogP contribution in [0.25, 0.3) is 6.08 Å². The number of rotatable bonds is 8. The van der Waals surface area contributed by atoms with Gasteiger partial charge in [-0.3, -0.25) is 19.3 Å². The van der Waals surface area contributed by atoms with Gasteiger partial charge in [0.15, 0.2) is 18.1 Å². The van der Waals surface area contributed by atoms with Crippen LogP contribution in [0.4, 0.5) is 4.79 Å². The van der Waals surface area contributed by atoms with Crippen LogP contribution in [0, 0.1) is 0 Å². The minimum atomic E-state index is -0.511. The third kappa shape index (κ3) is 5.63. The van der Waals surface area contributed by atoms with Gasteiger partial charge in [0.05, 0.1) is 23.1 Å². The molecule has 2 fully saturated rings. The summed E-state index contributed by atoms with van der Waals surface area (Å²) in [7, 11) is 1.45. The van der Waals surface area contributed by atoms with E-state index in [1.165, 1.54) is 7.11 Å². The molecule has 1 aromatic carbocycles. The summed E-state index contributed by atoms with van der Waals surface area (Å²) < 4.78 is 16.2. The van der Waals surface area contributed by atoms with Crippen molar-refractivity contribution in [3.8, 4) is 11.5 Å². The molecule has 0 spiro atoms. The van der Waals surface area contributed by atoms with Crippen molar-refractivity contribution < 1.29 is 33.4 Å². The van der Waals surface area contributed by atoms with Crippen molar-refractivity contribution in [3.05, 3.63) is 27.1 Å². The molecule has 3 rings (SSSR count). The number of esters is 1. The average Bonchev–Trinajstić information content (AvgIpc) is 3.38. The highest BCUT2D eigenvalue weighted by molar-refractivity contribution is 9.10. The smallest absolute Gasteiger partial charge is 0.344 e. The number of hydrogen-bond donors (Lipinski definition) is 0. The summed E-state index contributed by atoms with van der Waals surface area (Å²) >= 11 is 4.16. The van der Waals surface area contributed by atoms with Crippen LogP contribution in [0.5, 0.6) is 11.5 Å². The fourth-order valence-corrected chi connectivity index (χ4v) is 4.70. The fraction of sp³-hybridized carbons (Fsp3) is 0.429. The summed E-state index contributed by atoms with van der Waals surface area (Å²) in [5, 5.41) is -0.478. The van der Waals surface area contributed by atoms with Crippen molar-refractivity contribution in [1.29, 1.82) is 0 Å². The zero-order valence-corrected chi connectivity index (χ0v) is 20.1. The molecule has 3 amide bonds. The molecule has 11 heteroatoms. The van der Waals surface area contributed by atoms with E-state index in [9.17, 15) is 19.2 Å². The molecule has 0 saturated carbocycles. The molecule has 32 heavy (non-hydrogen) atoms. The number of thioether (sulfide) groups is 1. The van der Waals surface area contributed by atoms with Gasteiger partial charge in [-0.25, -0.2) is 4.79 Å². The quantitative estimate of drug-likeness (QED) is 0.376. The molecule has 0 aromatic heterocycles. The molecule has 2 saturated heterocycles. The number of nitrogens with zero attached hydrogens (tertiary/aromatic N) is 2. The van der Waals surface area contributed by atoms with Crippen LogP contribution < -0.4 is 9.47 Å². The predicted octanol–water partition coefficient (Wildman–Crippen LogP) is 3.06. The second kappa shape index (κ2) is 10.9. The normalized spacial score (nSPS) is 17.3. The second-order valence-electron chi connectivity index (χ2n) is 6.98. The van der Waals surface area contributed by atoms with E-state index in [0.717, 1.165) is 29.5 Å². The monoisotopic (exact) mass is 526 g/mol. The molecule has 0 aliphatic carbocycles. The van der Waals surface area contributed by atoms with Crippen LogP contribution in [0.15, 0.2) is 21.5 Å². The topological polar surface area (TPSA) is 102 Å². The van der Waals surface area contributed by atoms with Gasteiger partial charge >= 0.3 is 5.97 Å². The lowest BCUT2D eigenvalue weighted by Crippen LogP contribution is -2.40. The van der Waals surface area contributed by atoms with Gasteiger partial charge in [-0.15, -0.1) is 0 Å². The SMILES string of the molecule is CCOC(=O)COc1c(Br)cc(/C=C2/SC(=O)N(CC(=O)N3CCCC3)C2=O)cc1OC. The Morgan fingerprint density at radius 3 is 2.59 bits per heavy atom. The van der Waals surface area contributed by atoms with Crippen molar-refractivity contribution in [2.24, 2.45) is 0 Å². The first-order valence-electron chi connectivity index (χ1n) is 10.0. The summed E-state index contributed by atoms with van der Waals surface area (Å²) in [4.78, 5) is 51.9. The highest BCUT2D eigenvalue weighted by atomic mass is 79.9.